The van der Waals surface area contributed by atoms with E-state index in [0.717, 1.165) is 11.4 Å². The number of nitrogens with one attached hydrogen (secondary N) is 4. The Bertz CT molecular complexity index is 827. The summed E-state index contributed by atoms with van der Waals surface area (Å²) in [5, 5.41) is 12.0. The lowest BCUT2D eigenvalue weighted by Gasteiger charge is -2.21. The third-order valence-corrected chi connectivity index (χ3v) is 4.52. The first kappa shape index (κ1) is 19.6. The molecule has 4 N–H and O–H groups in total. The van der Waals surface area contributed by atoms with Gasteiger partial charge < -0.3 is 21.3 Å². The van der Waals surface area contributed by atoms with E-state index < -0.39 is 0 Å². The number of hydrogen-bond donors (Lipinski definition) is 4. The Kier molecular flexibility index (Phi) is 6.41. The van der Waals surface area contributed by atoms with Crippen LogP contribution in [0.25, 0.3) is 0 Å². The van der Waals surface area contributed by atoms with Crippen LogP contribution < -0.4 is 21.3 Å². The largest absolute Gasteiger partial charge is 0.355 e. The average Bonchev–Trinajstić information content (AvgIpc) is 2.67. The molecule has 1 aliphatic rings. The second kappa shape index (κ2) is 9.16. The number of hydrogen-bond acceptors (Lipinski definition) is 6. The molecule has 148 valence electrons. The predicted octanol–water partition coefficient (Wildman–Crippen LogP) is 1.89. The van der Waals surface area contributed by atoms with Crippen molar-refractivity contribution in [2.45, 2.75) is 26.7 Å². The van der Waals surface area contributed by atoms with Crippen LogP contribution in [0, 0.1) is 19.8 Å². The van der Waals surface area contributed by atoms with Crippen LogP contribution >= 0.6 is 0 Å². The average molecular weight is 382 g/mol. The van der Waals surface area contributed by atoms with Crippen LogP contribution in [-0.2, 0) is 9.59 Å². The van der Waals surface area contributed by atoms with E-state index in [1.807, 2.05) is 44.2 Å². The number of carbonyl (C=O) groups is 2. The summed E-state index contributed by atoms with van der Waals surface area (Å²) in [6, 6.07) is 9.96. The van der Waals surface area contributed by atoms with Crippen LogP contribution in [0.4, 0.5) is 17.5 Å². The van der Waals surface area contributed by atoms with Crippen molar-refractivity contribution in [2.75, 3.05) is 30.3 Å². The summed E-state index contributed by atoms with van der Waals surface area (Å²) in [4.78, 5) is 32.1. The molecule has 1 atom stereocenters. The van der Waals surface area contributed by atoms with Gasteiger partial charge in [-0.3, -0.25) is 9.59 Å². The molecular weight excluding hydrogens is 356 g/mol. The van der Waals surface area contributed by atoms with Crippen molar-refractivity contribution in [1.29, 1.82) is 0 Å². The zero-order chi connectivity index (χ0) is 19.9. The minimum atomic E-state index is -0.154. The fraction of sp³-hybridized carbons (Fsp3) is 0.400. The molecule has 0 saturated carbocycles. The third-order valence-electron chi connectivity index (χ3n) is 4.52. The first-order chi connectivity index (χ1) is 13.5. The van der Waals surface area contributed by atoms with E-state index in [-0.39, 0.29) is 17.7 Å². The predicted molar refractivity (Wildman–Crippen MR) is 108 cm³/mol. The van der Waals surface area contributed by atoms with Crippen LogP contribution in [0.3, 0.4) is 0 Å². The van der Waals surface area contributed by atoms with Gasteiger partial charge in [0.25, 0.3) is 0 Å². The summed E-state index contributed by atoms with van der Waals surface area (Å²) < 4.78 is 0. The molecule has 1 saturated heterocycles. The van der Waals surface area contributed by atoms with E-state index >= 15 is 0 Å². The molecule has 0 spiro atoms. The highest BCUT2D eigenvalue weighted by molar-refractivity contribution is 5.83. The van der Waals surface area contributed by atoms with Crippen LogP contribution in [-0.4, -0.2) is 41.4 Å². The van der Waals surface area contributed by atoms with Gasteiger partial charge in [-0.05, 0) is 32.4 Å². The lowest BCUT2D eigenvalue weighted by atomic mass is 9.98. The van der Waals surface area contributed by atoms with Gasteiger partial charge in [0.2, 0.25) is 17.8 Å². The van der Waals surface area contributed by atoms with Gasteiger partial charge in [-0.1, -0.05) is 17.7 Å². The van der Waals surface area contributed by atoms with Crippen molar-refractivity contribution in [3.8, 4) is 0 Å². The number of nitrogens with zero attached hydrogens (tertiary/aromatic N) is 2. The second-order valence-electron chi connectivity index (χ2n) is 6.97. The van der Waals surface area contributed by atoms with E-state index in [2.05, 4.69) is 31.2 Å². The molecule has 1 fully saturated rings. The fourth-order valence-corrected chi connectivity index (χ4v) is 2.96. The van der Waals surface area contributed by atoms with Crippen molar-refractivity contribution < 1.29 is 9.59 Å². The van der Waals surface area contributed by atoms with Gasteiger partial charge in [0.15, 0.2) is 0 Å². The van der Waals surface area contributed by atoms with Crippen molar-refractivity contribution in [3.05, 3.63) is 41.6 Å². The molecule has 0 bridgehead atoms. The Balaban J connectivity index is 1.47. The fourth-order valence-electron chi connectivity index (χ4n) is 2.96. The maximum absolute atomic E-state index is 12.1. The molecule has 28 heavy (non-hydrogen) atoms. The quantitative estimate of drug-likeness (QED) is 0.545. The van der Waals surface area contributed by atoms with Gasteiger partial charge in [0.05, 0.1) is 5.92 Å². The van der Waals surface area contributed by atoms with Gasteiger partial charge in [0.1, 0.15) is 5.82 Å². The van der Waals surface area contributed by atoms with Gasteiger partial charge in [-0.15, -0.1) is 0 Å². The number of aryl methyl sites for hydroxylation is 2. The number of carbonyl (C=O) groups excluding carboxylic acids is 2. The molecule has 3 rings (SSSR count). The van der Waals surface area contributed by atoms with E-state index in [9.17, 15) is 9.59 Å². The second-order valence-corrected chi connectivity index (χ2v) is 6.97. The zero-order valence-electron chi connectivity index (χ0n) is 16.2. The molecule has 2 amide bonds. The molecule has 1 aliphatic heterocycles. The topological polar surface area (TPSA) is 108 Å². The normalized spacial score (nSPS) is 16.2. The SMILES string of the molecule is Cc1ccc(Nc2cc(C)nc(NCCNC(=O)C3CCC(=O)NC3)n2)cc1. The highest BCUT2D eigenvalue weighted by Gasteiger charge is 2.23. The smallest absolute Gasteiger partial charge is 0.224 e. The van der Waals surface area contributed by atoms with Crippen LogP contribution in [0.5, 0.6) is 0 Å². The summed E-state index contributed by atoms with van der Waals surface area (Å²) in [7, 11) is 0. The molecule has 2 heterocycles. The molecule has 8 heteroatoms. The number of aromatic nitrogens is 2. The highest BCUT2D eigenvalue weighted by Crippen LogP contribution is 2.17. The summed E-state index contributed by atoms with van der Waals surface area (Å²) in [6.45, 7) is 5.34. The molecule has 1 aromatic heterocycles. The summed E-state index contributed by atoms with van der Waals surface area (Å²) in [5.74, 6) is 1.04. The maximum atomic E-state index is 12.1. The number of rotatable bonds is 7. The van der Waals surface area contributed by atoms with E-state index in [0.29, 0.717) is 44.2 Å². The number of benzene rings is 1. The van der Waals surface area contributed by atoms with Crippen LogP contribution in [0.15, 0.2) is 30.3 Å². The first-order valence-corrected chi connectivity index (χ1v) is 9.47. The van der Waals surface area contributed by atoms with Crippen molar-refractivity contribution in [1.82, 2.24) is 20.6 Å². The van der Waals surface area contributed by atoms with Crippen molar-refractivity contribution in [2.24, 2.45) is 5.92 Å². The molecule has 2 aromatic rings. The molecule has 1 unspecified atom stereocenters. The van der Waals surface area contributed by atoms with E-state index in [1.54, 1.807) is 0 Å². The Morgan fingerprint density at radius 1 is 1.18 bits per heavy atom. The zero-order valence-corrected chi connectivity index (χ0v) is 16.2. The van der Waals surface area contributed by atoms with Crippen LogP contribution in [0.1, 0.15) is 24.1 Å². The van der Waals surface area contributed by atoms with Crippen molar-refractivity contribution >= 4 is 29.3 Å². The summed E-state index contributed by atoms with van der Waals surface area (Å²) in [6.07, 6.45) is 1.00. The van der Waals surface area contributed by atoms with Crippen LogP contribution in [0.2, 0.25) is 0 Å². The monoisotopic (exact) mass is 382 g/mol. The van der Waals surface area contributed by atoms with Gasteiger partial charge >= 0.3 is 0 Å². The number of anilines is 3. The van der Waals surface area contributed by atoms with Gasteiger partial charge in [0, 0.05) is 43.5 Å². The minimum absolute atomic E-state index is 0.0114. The van der Waals surface area contributed by atoms with Crippen molar-refractivity contribution in [3.63, 3.8) is 0 Å². The van der Waals surface area contributed by atoms with Gasteiger partial charge in [-0.2, -0.15) is 4.98 Å². The van der Waals surface area contributed by atoms with E-state index in [1.165, 1.54) is 5.56 Å². The standard InChI is InChI=1S/C20H26N6O2/c1-13-3-6-16(7-4-13)25-17-11-14(2)24-20(26-17)22-10-9-21-19(28)15-5-8-18(27)23-12-15/h3-4,6-7,11,15H,5,8-10,12H2,1-2H3,(H,21,28)(H,23,27)(H2,22,24,25,26). The lowest BCUT2D eigenvalue weighted by Crippen LogP contribution is -2.43. The van der Waals surface area contributed by atoms with E-state index in [4.69, 9.17) is 0 Å². The molecular formula is C20H26N6O2. The lowest BCUT2D eigenvalue weighted by molar-refractivity contribution is -0.128. The maximum Gasteiger partial charge on any atom is 0.224 e. The molecule has 1 aromatic carbocycles. The number of amides is 2. The molecule has 8 nitrogen and oxygen atoms in total. The number of piperidine rings is 1. The Hall–Kier alpha value is -3.16. The third kappa shape index (κ3) is 5.67. The Morgan fingerprint density at radius 3 is 2.68 bits per heavy atom. The highest BCUT2D eigenvalue weighted by atomic mass is 16.2. The molecule has 0 aliphatic carbocycles. The Morgan fingerprint density at radius 2 is 1.96 bits per heavy atom. The summed E-state index contributed by atoms with van der Waals surface area (Å²) in [5.41, 5.74) is 3.00. The minimum Gasteiger partial charge on any atom is -0.355 e. The first-order valence-electron chi connectivity index (χ1n) is 9.47. The summed E-state index contributed by atoms with van der Waals surface area (Å²) >= 11 is 0. The Labute approximate surface area is 164 Å². The van der Waals surface area contributed by atoms with Gasteiger partial charge in [-0.25, -0.2) is 4.98 Å². The molecule has 0 radical (unpaired) electrons.